The lowest BCUT2D eigenvalue weighted by molar-refractivity contribution is -0.105. The molecule has 0 heterocycles. The predicted octanol–water partition coefficient (Wildman–Crippen LogP) is 1.95. The van der Waals surface area contributed by atoms with Crippen molar-refractivity contribution in [2.45, 2.75) is 20.8 Å². The van der Waals surface area contributed by atoms with E-state index in [9.17, 15) is 9.59 Å². The molecule has 0 bridgehead atoms. The van der Waals surface area contributed by atoms with E-state index in [1.54, 1.807) is 18.2 Å². The minimum Gasteiger partial charge on any atom is -0.352 e. The Bertz CT molecular complexity index is 414. The summed E-state index contributed by atoms with van der Waals surface area (Å²) in [6.07, 6.45) is 0.626. The van der Waals surface area contributed by atoms with E-state index in [2.05, 4.69) is 10.6 Å². The van der Waals surface area contributed by atoms with E-state index in [-0.39, 0.29) is 5.91 Å². The first-order valence-electron chi connectivity index (χ1n) is 5.63. The van der Waals surface area contributed by atoms with Crippen LogP contribution in [0.3, 0.4) is 0 Å². The fourth-order valence-electron chi connectivity index (χ4n) is 1.43. The molecule has 17 heavy (non-hydrogen) atoms. The van der Waals surface area contributed by atoms with Gasteiger partial charge in [0, 0.05) is 17.8 Å². The van der Waals surface area contributed by atoms with Gasteiger partial charge in [-0.2, -0.15) is 0 Å². The molecular formula is C13H18N2O2. The number of aryl methyl sites for hydroxylation is 1. The molecule has 2 amide bonds. The monoisotopic (exact) mass is 234 g/mol. The van der Waals surface area contributed by atoms with Crippen LogP contribution in [0.1, 0.15) is 29.8 Å². The van der Waals surface area contributed by atoms with Crippen molar-refractivity contribution in [3.63, 3.8) is 0 Å². The van der Waals surface area contributed by atoms with Gasteiger partial charge in [-0.3, -0.25) is 9.59 Å². The Balaban J connectivity index is 2.75. The number of carbonyl (C=O) groups excluding carboxylic acids is 2. The van der Waals surface area contributed by atoms with Crippen molar-refractivity contribution < 1.29 is 9.59 Å². The highest BCUT2D eigenvalue weighted by atomic mass is 16.1. The Morgan fingerprint density at radius 3 is 2.65 bits per heavy atom. The second-order valence-corrected chi connectivity index (χ2v) is 4.40. The molecule has 1 rings (SSSR count). The summed E-state index contributed by atoms with van der Waals surface area (Å²) in [4.78, 5) is 22.1. The first-order valence-corrected chi connectivity index (χ1v) is 5.63. The van der Waals surface area contributed by atoms with Crippen molar-refractivity contribution in [3.8, 4) is 0 Å². The van der Waals surface area contributed by atoms with Gasteiger partial charge in [-0.05, 0) is 36.6 Å². The number of hydrogen-bond donors (Lipinski definition) is 2. The van der Waals surface area contributed by atoms with Gasteiger partial charge in [-0.25, -0.2) is 0 Å². The standard InChI is InChI=1S/C13H18N2O2/c1-9(2)7-14-13(17)11-4-5-12(15-8-16)10(3)6-11/h4-6,8-9H,7H2,1-3H3,(H,14,17)(H,15,16). The average Bonchev–Trinajstić information content (AvgIpc) is 2.28. The fourth-order valence-corrected chi connectivity index (χ4v) is 1.43. The molecule has 4 nitrogen and oxygen atoms in total. The van der Waals surface area contributed by atoms with E-state index in [0.717, 1.165) is 11.3 Å². The zero-order chi connectivity index (χ0) is 12.8. The van der Waals surface area contributed by atoms with Crippen LogP contribution in [-0.4, -0.2) is 18.9 Å². The lowest BCUT2D eigenvalue weighted by atomic mass is 10.1. The first-order chi connectivity index (χ1) is 8.04. The zero-order valence-corrected chi connectivity index (χ0v) is 10.4. The van der Waals surface area contributed by atoms with Crippen LogP contribution >= 0.6 is 0 Å². The van der Waals surface area contributed by atoms with Gasteiger partial charge in [-0.15, -0.1) is 0 Å². The number of hydrogen-bond acceptors (Lipinski definition) is 2. The van der Waals surface area contributed by atoms with Gasteiger partial charge >= 0.3 is 0 Å². The smallest absolute Gasteiger partial charge is 0.251 e. The SMILES string of the molecule is Cc1cc(C(=O)NCC(C)C)ccc1NC=O. The highest BCUT2D eigenvalue weighted by molar-refractivity contribution is 5.95. The molecule has 0 radical (unpaired) electrons. The molecule has 0 saturated heterocycles. The van der Waals surface area contributed by atoms with E-state index in [1.165, 1.54) is 0 Å². The van der Waals surface area contributed by atoms with Crippen LogP contribution in [0.15, 0.2) is 18.2 Å². The van der Waals surface area contributed by atoms with Crippen molar-refractivity contribution >= 4 is 18.0 Å². The molecule has 0 unspecified atom stereocenters. The minimum absolute atomic E-state index is 0.0838. The highest BCUT2D eigenvalue weighted by Gasteiger charge is 2.07. The molecule has 92 valence electrons. The molecule has 0 fully saturated rings. The molecule has 0 aliphatic carbocycles. The van der Waals surface area contributed by atoms with Crippen molar-refractivity contribution in [1.82, 2.24) is 5.32 Å². The van der Waals surface area contributed by atoms with Crippen LogP contribution in [0.25, 0.3) is 0 Å². The molecule has 0 aliphatic heterocycles. The van der Waals surface area contributed by atoms with Crippen LogP contribution < -0.4 is 10.6 Å². The number of amides is 2. The minimum atomic E-state index is -0.0838. The maximum Gasteiger partial charge on any atom is 0.251 e. The topological polar surface area (TPSA) is 58.2 Å². The highest BCUT2D eigenvalue weighted by Crippen LogP contribution is 2.15. The first kappa shape index (κ1) is 13.2. The van der Waals surface area contributed by atoms with Gasteiger partial charge < -0.3 is 10.6 Å². The second-order valence-electron chi connectivity index (χ2n) is 4.40. The normalized spacial score (nSPS) is 10.1. The fraction of sp³-hybridized carbons (Fsp3) is 0.385. The summed E-state index contributed by atoms with van der Waals surface area (Å²) in [5, 5.41) is 5.43. The van der Waals surface area contributed by atoms with Crippen molar-refractivity contribution in [1.29, 1.82) is 0 Å². The van der Waals surface area contributed by atoms with E-state index < -0.39 is 0 Å². The van der Waals surface area contributed by atoms with Crippen molar-refractivity contribution in [2.24, 2.45) is 5.92 Å². The summed E-state index contributed by atoms with van der Waals surface area (Å²) < 4.78 is 0. The summed E-state index contributed by atoms with van der Waals surface area (Å²) in [5.74, 6) is 0.343. The summed E-state index contributed by atoms with van der Waals surface area (Å²) in [6.45, 7) is 6.60. The number of rotatable bonds is 5. The van der Waals surface area contributed by atoms with E-state index >= 15 is 0 Å². The maximum absolute atomic E-state index is 11.8. The maximum atomic E-state index is 11.8. The van der Waals surface area contributed by atoms with Gasteiger partial charge in [0.15, 0.2) is 0 Å². The third kappa shape index (κ3) is 3.90. The van der Waals surface area contributed by atoms with Crippen molar-refractivity contribution in [2.75, 3.05) is 11.9 Å². The Hall–Kier alpha value is -1.84. The molecule has 1 aromatic carbocycles. The molecule has 0 atom stereocenters. The number of benzene rings is 1. The number of nitrogens with one attached hydrogen (secondary N) is 2. The summed E-state index contributed by atoms with van der Waals surface area (Å²) in [5.41, 5.74) is 2.20. The van der Waals surface area contributed by atoms with Crippen LogP contribution in [0.5, 0.6) is 0 Å². The Morgan fingerprint density at radius 2 is 2.12 bits per heavy atom. The van der Waals surface area contributed by atoms with Gasteiger partial charge in [0.2, 0.25) is 6.41 Å². The van der Waals surface area contributed by atoms with Gasteiger partial charge in [-0.1, -0.05) is 13.8 Å². The van der Waals surface area contributed by atoms with E-state index in [1.807, 2.05) is 20.8 Å². The van der Waals surface area contributed by atoms with Gasteiger partial charge in [0.25, 0.3) is 5.91 Å². The van der Waals surface area contributed by atoms with Crippen LogP contribution in [0.4, 0.5) is 5.69 Å². The zero-order valence-electron chi connectivity index (χ0n) is 10.4. The predicted molar refractivity (Wildman–Crippen MR) is 68.0 cm³/mol. The van der Waals surface area contributed by atoms with Crippen LogP contribution in [0.2, 0.25) is 0 Å². The van der Waals surface area contributed by atoms with Gasteiger partial charge in [0.1, 0.15) is 0 Å². The summed E-state index contributed by atoms with van der Waals surface area (Å²) >= 11 is 0. The van der Waals surface area contributed by atoms with Crippen molar-refractivity contribution in [3.05, 3.63) is 29.3 Å². The molecule has 0 aromatic heterocycles. The molecule has 0 spiro atoms. The van der Waals surface area contributed by atoms with Crippen LogP contribution in [0, 0.1) is 12.8 Å². The molecule has 4 heteroatoms. The molecule has 0 saturated carbocycles. The average molecular weight is 234 g/mol. The third-order valence-corrected chi connectivity index (χ3v) is 2.37. The summed E-state index contributed by atoms with van der Waals surface area (Å²) in [7, 11) is 0. The molecule has 0 aliphatic rings. The number of carbonyl (C=O) groups is 2. The molecule has 2 N–H and O–H groups in total. The van der Waals surface area contributed by atoms with E-state index in [0.29, 0.717) is 24.4 Å². The Morgan fingerprint density at radius 1 is 1.41 bits per heavy atom. The largest absolute Gasteiger partial charge is 0.352 e. The van der Waals surface area contributed by atoms with Gasteiger partial charge in [0.05, 0.1) is 0 Å². The number of anilines is 1. The third-order valence-electron chi connectivity index (χ3n) is 2.37. The molecular weight excluding hydrogens is 216 g/mol. The van der Waals surface area contributed by atoms with Crippen LogP contribution in [-0.2, 0) is 4.79 Å². The molecule has 1 aromatic rings. The Labute approximate surface area is 101 Å². The van der Waals surface area contributed by atoms with E-state index in [4.69, 9.17) is 0 Å². The quantitative estimate of drug-likeness (QED) is 0.765. The second kappa shape index (κ2) is 6.03. The lowest BCUT2D eigenvalue weighted by Gasteiger charge is -2.09. The summed E-state index contributed by atoms with van der Waals surface area (Å²) in [6, 6.07) is 5.20. The Kier molecular flexibility index (Phi) is 4.69. The lowest BCUT2D eigenvalue weighted by Crippen LogP contribution is -2.27.